The van der Waals surface area contributed by atoms with E-state index < -0.39 is 10.0 Å². The van der Waals surface area contributed by atoms with Crippen LogP contribution in [-0.2, 0) is 10.0 Å². The molecular weight excluding hydrogens is 300 g/mol. The maximum atomic E-state index is 12.6. The second-order valence-electron chi connectivity index (χ2n) is 5.69. The Morgan fingerprint density at radius 2 is 1.91 bits per heavy atom. The highest BCUT2D eigenvalue weighted by molar-refractivity contribution is 7.88. The lowest BCUT2D eigenvalue weighted by Gasteiger charge is -2.17. The number of hydrogen-bond acceptors (Lipinski definition) is 3. The summed E-state index contributed by atoms with van der Waals surface area (Å²) in [5, 5.41) is 2.12. The lowest BCUT2D eigenvalue weighted by molar-refractivity contribution is 0.0790. The van der Waals surface area contributed by atoms with Crippen LogP contribution < -0.4 is 4.72 Å². The minimum atomic E-state index is -3.24. The molecule has 0 aliphatic carbocycles. The van der Waals surface area contributed by atoms with Crippen molar-refractivity contribution >= 4 is 26.7 Å². The van der Waals surface area contributed by atoms with Gasteiger partial charge in [-0.05, 0) is 29.3 Å². The van der Waals surface area contributed by atoms with Gasteiger partial charge in [0.15, 0.2) is 0 Å². The van der Waals surface area contributed by atoms with Gasteiger partial charge in [-0.3, -0.25) is 4.79 Å². The van der Waals surface area contributed by atoms with E-state index in [0.717, 1.165) is 17.0 Å². The predicted octanol–water partition coefficient (Wildman–Crippen LogP) is 1.60. The topological polar surface area (TPSA) is 66.5 Å². The van der Waals surface area contributed by atoms with Gasteiger partial charge in [-0.2, -0.15) is 0 Å². The normalized spacial score (nSPS) is 18.8. The van der Waals surface area contributed by atoms with Crippen LogP contribution in [0.25, 0.3) is 10.8 Å². The van der Waals surface area contributed by atoms with E-state index in [9.17, 15) is 13.2 Å². The van der Waals surface area contributed by atoms with Gasteiger partial charge >= 0.3 is 0 Å². The number of carbonyl (C=O) groups is 1. The quantitative estimate of drug-likeness (QED) is 0.935. The molecule has 1 saturated heterocycles. The molecule has 2 aromatic carbocycles. The summed E-state index contributed by atoms with van der Waals surface area (Å²) in [5.41, 5.74) is 0.638. The van der Waals surface area contributed by atoms with Crippen LogP contribution in [0.15, 0.2) is 42.5 Å². The van der Waals surface area contributed by atoms with Crippen LogP contribution in [-0.4, -0.2) is 44.6 Å². The summed E-state index contributed by atoms with van der Waals surface area (Å²) in [5.74, 6) is -0.0523. The largest absolute Gasteiger partial charge is 0.337 e. The van der Waals surface area contributed by atoms with Crippen LogP contribution in [0.4, 0.5) is 0 Å². The van der Waals surface area contributed by atoms with Crippen LogP contribution in [0, 0.1) is 0 Å². The zero-order valence-corrected chi connectivity index (χ0v) is 13.1. The molecular formula is C16H18N2O3S. The Kier molecular flexibility index (Phi) is 3.88. The molecule has 0 saturated carbocycles. The fourth-order valence-corrected chi connectivity index (χ4v) is 3.65. The van der Waals surface area contributed by atoms with Crippen molar-refractivity contribution in [2.45, 2.75) is 12.5 Å². The monoisotopic (exact) mass is 318 g/mol. The summed E-state index contributed by atoms with van der Waals surface area (Å²) < 4.78 is 25.1. The molecule has 1 aliphatic heterocycles. The first-order valence-corrected chi connectivity index (χ1v) is 9.07. The van der Waals surface area contributed by atoms with Crippen molar-refractivity contribution in [3.8, 4) is 0 Å². The Hall–Kier alpha value is -1.92. The molecule has 5 nitrogen and oxygen atoms in total. The third-order valence-electron chi connectivity index (χ3n) is 3.85. The summed E-state index contributed by atoms with van der Waals surface area (Å²) in [6.07, 6.45) is 1.78. The van der Waals surface area contributed by atoms with Crippen molar-refractivity contribution in [1.29, 1.82) is 0 Å². The Morgan fingerprint density at radius 1 is 1.18 bits per heavy atom. The summed E-state index contributed by atoms with van der Waals surface area (Å²) in [6, 6.07) is 13.3. The average Bonchev–Trinajstić information content (AvgIpc) is 2.92. The lowest BCUT2D eigenvalue weighted by Crippen LogP contribution is -2.37. The SMILES string of the molecule is CS(=O)(=O)N[C@@H]1CCN(C(=O)c2ccc3ccccc3c2)C1. The van der Waals surface area contributed by atoms with Gasteiger partial charge in [0.05, 0.1) is 6.26 Å². The van der Waals surface area contributed by atoms with Gasteiger partial charge in [-0.15, -0.1) is 0 Å². The highest BCUT2D eigenvalue weighted by atomic mass is 32.2. The van der Waals surface area contributed by atoms with Crippen molar-refractivity contribution in [3.63, 3.8) is 0 Å². The molecule has 1 fully saturated rings. The van der Waals surface area contributed by atoms with Crippen molar-refractivity contribution < 1.29 is 13.2 Å². The molecule has 6 heteroatoms. The maximum Gasteiger partial charge on any atom is 0.253 e. The fourth-order valence-electron chi connectivity index (χ4n) is 2.85. The zero-order chi connectivity index (χ0) is 15.7. The minimum Gasteiger partial charge on any atom is -0.337 e. The van der Waals surface area contributed by atoms with Gasteiger partial charge in [0.25, 0.3) is 5.91 Å². The maximum absolute atomic E-state index is 12.6. The smallest absolute Gasteiger partial charge is 0.253 e. The van der Waals surface area contributed by atoms with Crippen LogP contribution in [0.3, 0.4) is 0 Å². The molecule has 0 unspecified atom stereocenters. The van der Waals surface area contributed by atoms with Gasteiger partial charge in [-0.1, -0.05) is 30.3 Å². The van der Waals surface area contributed by atoms with E-state index in [4.69, 9.17) is 0 Å². The molecule has 22 heavy (non-hydrogen) atoms. The first-order valence-electron chi connectivity index (χ1n) is 7.18. The molecule has 116 valence electrons. The number of rotatable bonds is 3. The van der Waals surface area contributed by atoms with Gasteiger partial charge in [0.1, 0.15) is 0 Å². The highest BCUT2D eigenvalue weighted by Gasteiger charge is 2.28. The third kappa shape index (κ3) is 3.28. The standard InChI is InChI=1S/C16H18N2O3S/c1-22(20,21)17-15-8-9-18(11-15)16(19)14-7-6-12-4-2-3-5-13(12)10-14/h2-7,10,15,17H,8-9,11H2,1H3/t15-/m1/s1. The molecule has 2 aromatic rings. The molecule has 1 amide bonds. The number of fused-ring (bicyclic) bond motifs is 1. The molecule has 3 rings (SSSR count). The van der Waals surface area contributed by atoms with Crippen molar-refractivity contribution in [2.75, 3.05) is 19.3 Å². The average molecular weight is 318 g/mol. The molecule has 1 heterocycles. The Balaban J connectivity index is 1.76. The lowest BCUT2D eigenvalue weighted by atomic mass is 10.1. The van der Waals surface area contributed by atoms with Crippen LogP contribution in [0.2, 0.25) is 0 Å². The van der Waals surface area contributed by atoms with E-state index in [-0.39, 0.29) is 11.9 Å². The number of nitrogens with one attached hydrogen (secondary N) is 1. The first kappa shape index (κ1) is 15.0. The Labute approximate surface area is 130 Å². The van der Waals surface area contributed by atoms with Crippen LogP contribution in [0.1, 0.15) is 16.8 Å². The molecule has 1 atom stereocenters. The van der Waals surface area contributed by atoms with E-state index in [1.54, 1.807) is 4.90 Å². The Morgan fingerprint density at radius 3 is 2.64 bits per heavy atom. The summed E-state index contributed by atoms with van der Waals surface area (Å²) in [4.78, 5) is 14.3. The highest BCUT2D eigenvalue weighted by Crippen LogP contribution is 2.19. The van der Waals surface area contributed by atoms with Crippen molar-refractivity contribution in [1.82, 2.24) is 9.62 Å². The van der Waals surface area contributed by atoms with Gasteiger partial charge < -0.3 is 4.90 Å². The number of hydrogen-bond donors (Lipinski definition) is 1. The molecule has 0 aromatic heterocycles. The number of sulfonamides is 1. The second kappa shape index (κ2) is 5.70. The minimum absolute atomic E-state index is 0.0523. The summed E-state index contributed by atoms with van der Waals surface area (Å²) >= 11 is 0. The Bertz CT molecular complexity index is 817. The zero-order valence-electron chi connectivity index (χ0n) is 12.3. The van der Waals surface area contributed by atoms with Gasteiger partial charge in [0.2, 0.25) is 10.0 Å². The molecule has 1 aliphatic rings. The molecule has 1 N–H and O–H groups in total. The fraction of sp³-hybridized carbons (Fsp3) is 0.312. The number of benzene rings is 2. The summed E-state index contributed by atoms with van der Waals surface area (Å²) in [7, 11) is -3.24. The number of amides is 1. The van der Waals surface area contributed by atoms with E-state index in [2.05, 4.69) is 4.72 Å². The first-order chi connectivity index (χ1) is 10.4. The summed E-state index contributed by atoms with van der Waals surface area (Å²) in [6.45, 7) is 0.984. The molecule has 0 spiro atoms. The van der Waals surface area contributed by atoms with E-state index in [1.165, 1.54) is 0 Å². The third-order valence-corrected chi connectivity index (χ3v) is 4.61. The van der Waals surface area contributed by atoms with E-state index in [0.29, 0.717) is 25.1 Å². The second-order valence-corrected chi connectivity index (χ2v) is 7.47. The van der Waals surface area contributed by atoms with Crippen LogP contribution >= 0.6 is 0 Å². The van der Waals surface area contributed by atoms with Gasteiger partial charge in [-0.25, -0.2) is 13.1 Å². The number of likely N-dealkylation sites (tertiary alicyclic amines) is 1. The number of nitrogens with zero attached hydrogens (tertiary/aromatic N) is 1. The van der Waals surface area contributed by atoms with E-state index >= 15 is 0 Å². The molecule has 0 bridgehead atoms. The predicted molar refractivity (Wildman–Crippen MR) is 86.2 cm³/mol. The van der Waals surface area contributed by atoms with Crippen molar-refractivity contribution in [2.24, 2.45) is 0 Å². The van der Waals surface area contributed by atoms with Crippen LogP contribution in [0.5, 0.6) is 0 Å². The van der Waals surface area contributed by atoms with Crippen molar-refractivity contribution in [3.05, 3.63) is 48.0 Å². The van der Waals surface area contributed by atoms with E-state index in [1.807, 2.05) is 42.5 Å². The van der Waals surface area contributed by atoms with Gasteiger partial charge in [0, 0.05) is 24.7 Å². The molecule has 0 radical (unpaired) electrons. The number of carbonyl (C=O) groups excluding carboxylic acids is 1.